The molecule has 1 aromatic carbocycles. The van der Waals surface area contributed by atoms with Gasteiger partial charge in [-0.05, 0) is 45.4 Å². The molecule has 1 saturated heterocycles. The first-order valence-electron chi connectivity index (χ1n) is 6.96. The number of thiazole rings is 1. The molecule has 1 N–H and O–H groups in total. The third kappa shape index (κ3) is 2.60. The van der Waals surface area contributed by atoms with E-state index in [-0.39, 0.29) is 0 Å². The van der Waals surface area contributed by atoms with Gasteiger partial charge in [0, 0.05) is 18.6 Å². The molecule has 1 aromatic heterocycles. The van der Waals surface area contributed by atoms with E-state index in [1.165, 1.54) is 29.6 Å². The number of piperidine rings is 1. The summed E-state index contributed by atoms with van der Waals surface area (Å²) in [5.41, 5.74) is 2.41. The Labute approximate surface area is 118 Å². The highest BCUT2D eigenvalue weighted by molar-refractivity contribution is 7.22. The first kappa shape index (κ1) is 12.9. The molecule has 102 valence electrons. The fourth-order valence-corrected chi connectivity index (χ4v) is 3.76. The monoisotopic (exact) mass is 275 g/mol. The first-order valence-corrected chi connectivity index (χ1v) is 7.78. The molecule has 1 aliphatic heterocycles. The van der Waals surface area contributed by atoms with Crippen molar-refractivity contribution < 1.29 is 0 Å². The molecular weight excluding hydrogens is 254 g/mol. The van der Waals surface area contributed by atoms with E-state index >= 15 is 0 Å². The lowest BCUT2D eigenvalue weighted by molar-refractivity contribution is 0.190. The smallest absolute Gasteiger partial charge is 0.184 e. The zero-order valence-electron chi connectivity index (χ0n) is 11.8. The Morgan fingerprint density at radius 2 is 2.26 bits per heavy atom. The maximum absolute atomic E-state index is 4.74. The fraction of sp³-hybridized carbons (Fsp3) is 0.533. The Hall–Kier alpha value is -1.13. The molecular formula is C15H21N3S. The molecule has 1 fully saturated rings. The normalized spacial score (nSPS) is 24.8. The molecule has 19 heavy (non-hydrogen) atoms. The van der Waals surface area contributed by atoms with Crippen LogP contribution in [0.25, 0.3) is 10.2 Å². The van der Waals surface area contributed by atoms with Crippen molar-refractivity contribution in [1.82, 2.24) is 9.88 Å². The van der Waals surface area contributed by atoms with Crippen molar-refractivity contribution in [2.45, 2.75) is 38.8 Å². The topological polar surface area (TPSA) is 28.2 Å². The van der Waals surface area contributed by atoms with Gasteiger partial charge in [0.1, 0.15) is 0 Å². The minimum absolute atomic E-state index is 0.562. The average Bonchev–Trinajstić information content (AvgIpc) is 2.78. The van der Waals surface area contributed by atoms with E-state index in [0.717, 1.165) is 10.6 Å². The number of nitrogens with one attached hydrogen (secondary N) is 1. The van der Waals surface area contributed by atoms with E-state index in [0.29, 0.717) is 12.1 Å². The van der Waals surface area contributed by atoms with Gasteiger partial charge in [-0.25, -0.2) is 4.98 Å². The van der Waals surface area contributed by atoms with Crippen LogP contribution >= 0.6 is 11.3 Å². The Bertz CT molecular complexity index is 578. The summed E-state index contributed by atoms with van der Waals surface area (Å²) in [6.07, 6.45) is 2.40. The average molecular weight is 275 g/mol. The molecule has 2 aromatic rings. The molecule has 0 aliphatic carbocycles. The Morgan fingerprint density at radius 3 is 3.00 bits per heavy atom. The van der Waals surface area contributed by atoms with Gasteiger partial charge in [0.2, 0.25) is 0 Å². The third-order valence-corrected chi connectivity index (χ3v) is 5.11. The van der Waals surface area contributed by atoms with Crippen molar-refractivity contribution in [3.05, 3.63) is 23.8 Å². The summed E-state index contributed by atoms with van der Waals surface area (Å²) in [7, 11) is 2.21. The predicted molar refractivity (Wildman–Crippen MR) is 83.1 cm³/mol. The highest BCUT2D eigenvalue weighted by Crippen LogP contribution is 2.29. The van der Waals surface area contributed by atoms with E-state index in [1.807, 2.05) is 0 Å². The number of nitrogens with zero attached hydrogens (tertiary/aromatic N) is 2. The van der Waals surface area contributed by atoms with Crippen molar-refractivity contribution in [3.8, 4) is 0 Å². The maximum atomic E-state index is 4.74. The van der Waals surface area contributed by atoms with Gasteiger partial charge >= 0.3 is 0 Å². The van der Waals surface area contributed by atoms with Crippen molar-refractivity contribution in [2.75, 3.05) is 18.9 Å². The molecule has 0 amide bonds. The quantitative estimate of drug-likeness (QED) is 0.909. The highest BCUT2D eigenvalue weighted by Gasteiger charge is 2.23. The van der Waals surface area contributed by atoms with Crippen molar-refractivity contribution in [3.63, 3.8) is 0 Å². The molecule has 1 aliphatic rings. The maximum Gasteiger partial charge on any atom is 0.184 e. The van der Waals surface area contributed by atoms with E-state index in [9.17, 15) is 0 Å². The SMILES string of the molecule is Cc1cccc2sc(NC3CCN(C)C(C)C3)nc12. The molecule has 2 atom stereocenters. The van der Waals surface area contributed by atoms with Crippen molar-refractivity contribution >= 4 is 26.7 Å². The Balaban J connectivity index is 1.77. The van der Waals surface area contributed by atoms with E-state index in [4.69, 9.17) is 4.98 Å². The summed E-state index contributed by atoms with van der Waals surface area (Å²) in [5, 5.41) is 4.70. The number of likely N-dealkylation sites (tertiary alicyclic amines) is 1. The number of hydrogen-bond acceptors (Lipinski definition) is 4. The highest BCUT2D eigenvalue weighted by atomic mass is 32.1. The Morgan fingerprint density at radius 1 is 1.42 bits per heavy atom. The summed E-state index contributed by atoms with van der Waals surface area (Å²) >= 11 is 1.77. The molecule has 2 unspecified atom stereocenters. The second-order valence-electron chi connectivity index (χ2n) is 5.64. The number of rotatable bonds is 2. The van der Waals surface area contributed by atoms with Crippen LogP contribution in [0, 0.1) is 6.92 Å². The van der Waals surface area contributed by atoms with Crippen LogP contribution in [0.3, 0.4) is 0 Å². The zero-order valence-corrected chi connectivity index (χ0v) is 12.6. The van der Waals surface area contributed by atoms with Crippen LogP contribution in [-0.4, -0.2) is 35.6 Å². The summed E-state index contributed by atoms with van der Waals surface area (Å²) in [6.45, 7) is 5.60. The molecule has 0 spiro atoms. The van der Waals surface area contributed by atoms with Crippen LogP contribution in [0.1, 0.15) is 25.3 Å². The summed E-state index contributed by atoms with van der Waals surface area (Å²) in [4.78, 5) is 7.18. The van der Waals surface area contributed by atoms with Crippen LogP contribution in [0.4, 0.5) is 5.13 Å². The van der Waals surface area contributed by atoms with Gasteiger partial charge in [0.25, 0.3) is 0 Å². The molecule has 2 heterocycles. The first-order chi connectivity index (χ1) is 9.13. The molecule has 3 rings (SSSR count). The van der Waals surface area contributed by atoms with Gasteiger partial charge in [-0.2, -0.15) is 0 Å². The summed E-state index contributed by atoms with van der Waals surface area (Å²) in [6, 6.07) is 7.61. The van der Waals surface area contributed by atoms with Gasteiger partial charge in [0.15, 0.2) is 5.13 Å². The zero-order chi connectivity index (χ0) is 13.4. The fourth-order valence-electron chi connectivity index (χ4n) is 2.74. The van der Waals surface area contributed by atoms with E-state index < -0.39 is 0 Å². The van der Waals surface area contributed by atoms with Crippen molar-refractivity contribution in [1.29, 1.82) is 0 Å². The van der Waals surface area contributed by atoms with Gasteiger partial charge in [-0.3, -0.25) is 0 Å². The largest absolute Gasteiger partial charge is 0.359 e. The molecule has 0 radical (unpaired) electrons. The van der Waals surface area contributed by atoms with Gasteiger partial charge in [-0.1, -0.05) is 23.5 Å². The number of para-hydroxylation sites is 1. The van der Waals surface area contributed by atoms with Gasteiger partial charge < -0.3 is 10.2 Å². The Kier molecular flexibility index (Phi) is 3.46. The van der Waals surface area contributed by atoms with Crippen LogP contribution in [-0.2, 0) is 0 Å². The number of anilines is 1. The molecule has 0 saturated carbocycles. The number of fused-ring (bicyclic) bond motifs is 1. The van der Waals surface area contributed by atoms with Crippen molar-refractivity contribution in [2.24, 2.45) is 0 Å². The van der Waals surface area contributed by atoms with Crippen LogP contribution in [0.2, 0.25) is 0 Å². The minimum atomic E-state index is 0.562. The standard InChI is InChI=1S/C15H21N3S/c1-10-5-4-6-13-14(10)17-15(19-13)16-12-7-8-18(3)11(2)9-12/h4-6,11-12H,7-9H2,1-3H3,(H,16,17). The van der Waals surface area contributed by atoms with Crippen LogP contribution in [0.15, 0.2) is 18.2 Å². The lowest BCUT2D eigenvalue weighted by Gasteiger charge is -2.35. The van der Waals surface area contributed by atoms with E-state index in [2.05, 4.69) is 49.3 Å². The number of aromatic nitrogens is 1. The second kappa shape index (κ2) is 5.10. The second-order valence-corrected chi connectivity index (χ2v) is 6.67. The summed E-state index contributed by atoms with van der Waals surface area (Å²) < 4.78 is 1.28. The predicted octanol–water partition coefficient (Wildman–Crippen LogP) is 3.50. The molecule has 0 bridgehead atoms. The minimum Gasteiger partial charge on any atom is -0.359 e. The van der Waals surface area contributed by atoms with Crippen LogP contribution < -0.4 is 5.32 Å². The molecule has 4 heteroatoms. The number of benzene rings is 1. The molecule has 3 nitrogen and oxygen atoms in total. The van der Waals surface area contributed by atoms with Crippen LogP contribution in [0.5, 0.6) is 0 Å². The van der Waals surface area contributed by atoms with Gasteiger partial charge in [-0.15, -0.1) is 0 Å². The number of aryl methyl sites for hydroxylation is 1. The summed E-state index contributed by atoms with van der Waals surface area (Å²) in [5.74, 6) is 0. The van der Waals surface area contributed by atoms with Gasteiger partial charge in [0.05, 0.1) is 10.2 Å². The lowest BCUT2D eigenvalue weighted by atomic mass is 9.99. The number of hydrogen-bond donors (Lipinski definition) is 1. The van der Waals surface area contributed by atoms with E-state index in [1.54, 1.807) is 11.3 Å². The third-order valence-electron chi connectivity index (χ3n) is 4.16. The lowest BCUT2D eigenvalue weighted by Crippen LogP contribution is -2.42.